The molecule has 0 aliphatic carbocycles. The minimum absolute atomic E-state index is 0.154. The van der Waals surface area contributed by atoms with Crippen LogP contribution in [0.2, 0.25) is 0 Å². The minimum Gasteiger partial charge on any atom is -0.494 e. The highest BCUT2D eigenvalue weighted by molar-refractivity contribution is 7.89. The van der Waals surface area contributed by atoms with E-state index in [0.717, 1.165) is 16.9 Å². The predicted octanol–water partition coefficient (Wildman–Crippen LogP) is 2.82. The van der Waals surface area contributed by atoms with Gasteiger partial charge in [0, 0.05) is 31.7 Å². The number of benzene rings is 2. The molecule has 1 saturated heterocycles. The summed E-state index contributed by atoms with van der Waals surface area (Å²) in [7, 11) is -1.66. The molecule has 7 nitrogen and oxygen atoms in total. The first-order valence-electron chi connectivity index (χ1n) is 10.6. The van der Waals surface area contributed by atoms with Gasteiger partial charge in [-0.05, 0) is 63.2 Å². The maximum Gasteiger partial charge on any atom is 0.252 e. The van der Waals surface area contributed by atoms with Gasteiger partial charge in [-0.15, -0.1) is 0 Å². The first-order valence-corrected chi connectivity index (χ1v) is 12.0. The van der Waals surface area contributed by atoms with Crippen molar-refractivity contribution in [3.05, 3.63) is 59.2 Å². The minimum atomic E-state index is -3.64. The van der Waals surface area contributed by atoms with Gasteiger partial charge in [-0.1, -0.05) is 18.2 Å². The number of carbonyl (C=O) groups is 1. The second-order valence-electron chi connectivity index (χ2n) is 7.88. The Morgan fingerprint density at radius 2 is 1.74 bits per heavy atom. The van der Waals surface area contributed by atoms with E-state index < -0.39 is 10.0 Å². The monoisotopic (exact) mass is 445 g/mol. The molecule has 1 N–H and O–H groups in total. The number of nitrogens with zero attached hydrogens (tertiary/aromatic N) is 2. The number of ether oxygens (including phenoxy) is 1. The summed E-state index contributed by atoms with van der Waals surface area (Å²) in [6.07, 6.45) is 0. The number of hydrogen-bond acceptors (Lipinski definition) is 5. The molecule has 0 aromatic heterocycles. The van der Waals surface area contributed by atoms with Crippen molar-refractivity contribution in [2.45, 2.75) is 31.7 Å². The number of carbonyl (C=O) groups excluding carboxylic acids is 1. The van der Waals surface area contributed by atoms with Gasteiger partial charge in [0.15, 0.2) is 0 Å². The number of piperazine rings is 1. The SMILES string of the molecule is CCOc1ccc([C@@H](C)NC(=O)c2cc(S(=O)(=O)N3CCN(C)CC3)ccc2C)cc1. The number of sulfonamides is 1. The zero-order chi connectivity index (χ0) is 22.6. The molecule has 2 aromatic carbocycles. The second kappa shape index (κ2) is 9.80. The molecule has 8 heteroatoms. The Morgan fingerprint density at radius 1 is 1.10 bits per heavy atom. The largest absolute Gasteiger partial charge is 0.494 e. The van der Waals surface area contributed by atoms with Gasteiger partial charge in [0.25, 0.3) is 5.91 Å². The van der Waals surface area contributed by atoms with Crippen molar-refractivity contribution in [2.75, 3.05) is 39.8 Å². The van der Waals surface area contributed by atoms with Crippen LogP contribution >= 0.6 is 0 Å². The zero-order valence-electron chi connectivity index (χ0n) is 18.6. The van der Waals surface area contributed by atoms with Crippen molar-refractivity contribution < 1.29 is 17.9 Å². The molecule has 0 unspecified atom stereocenters. The third-order valence-electron chi connectivity index (χ3n) is 5.59. The lowest BCUT2D eigenvalue weighted by Crippen LogP contribution is -2.47. The van der Waals surface area contributed by atoms with Crippen LogP contribution in [0.4, 0.5) is 0 Å². The van der Waals surface area contributed by atoms with Crippen LogP contribution in [0.1, 0.15) is 41.4 Å². The van der Waals surface area contributed by atoms with E-state index in [1.54, 1.807) is 12.1 Å². The highest BCUT2D eigenvalue weighted by atomic mass is 32.2. The van der Waals surface area contributed by atoms with Gasteiger partial charge < -0.3 is 15.0 Å². The van der Waals surface area contributed by atoms with Crippen molar-refractivity contribution in [1.82, 2.24) is 14.5 Å². The molecular formula is C23H31N3O4S. The molecule has 31 heavy (non-hydrogen) atoms. The zero-order valence-corrected chi connectivity index (χ0v) is 19.4. The van der Waals surface area contributed by atoms with Gasteiger partial charge in [0.1, 0.15) is 5.75 Å². The van der Waals surface area contributed by atoms with Crippen LogP contribution in [0.25, 0.3) is 0 Å². The fraction of sp³-hybridized carbons (Fsp3) is 0.435. The predicted molar refractivity (Wildman–Crippen MR) is 121 cm³/mol. The number of likely N-dealkylation sites (N-methyl/N-ethyl adjacent to an activating group) is 1. The summed E-state index contributed by atoms with van der Waals surface area (Å²) in [6.45, 7) is 8.51. The molecular weight excluding hydrogens is 414 g/mol. The molecule has 3 rings (SSSR count). The van der Waals surface area contributed by atoms with Crippen LogP contribution < -0.4 is 10.1 Å². The molecule has 1 heterocycles. The van der Waals surface area contributed by atoms with E-state index in [1.807, 2.05) is 52.1 Å². The fourth-order valence-electron chi connectivity index (χ4n) is 3.56. The van der Waals surface area contributed by atoms with Gasteiger partial charge >= 0.3 is 0 Å². The standard InChI is InChI=1S/C23H31N3O4S/c1-5-30-20-9-7-19(8-10-20)18(3)24-23(27)22-16-21(11-6-17(22)2)31(28,29)26-14-12-25(4)13-15-26/h6-11,16,18H,5,12-15H2,1-4H3,(H,24,27)/t18-/m1/s1. The van der Waals surface area contributed by atoms with Gasteiger partial charge in [-0.2, -0.15) is 4.31 Å². The molecule has 0 saturated carbocycles. The highest BCUT2D eigenvalue weighted by Crippen LogP contribution is 2.22. The lowest BCUT2D eigenvalue weighted by atomic mass is 10.1. The highest BCUT2D eigenvalue weighted by Gasteiger charge is 2.28. The maximum absolute atomic E-state index is 13.1. The Hall–Kier alpha value is -2.42. The van der Waals surface area contributed by atoms with E-state index in [0.29, 0.717) is 38.3 Å². The quantitative estimate of drug-likeness (QED) is 0.709. The second-order valence-corrected chi connectivity index (χ2v) is 9.82. The molecule has 168 valence electrons. The van der Waals surface area contributed by atoms with Crippen molar-refractivity contribution in [2.24, 2.45) is 0 Å². The lowest BCUT2D eigenvalue weighted by molar-refractivity contribution is 0.0939. The lowest BCUT2D eigenvalue weighted by Gasteiger charge is -2.31. The molecule has 1 aliphatic rings. The van der Waals surface area contributed by atoms with Gasteiger partial charge in [0.2, 0.25) is 10.0 Å². The number of amides is 1. The summed E-state index contributed by atoms with van der Waals surface area (Å²) < 4.78 is 33.1. The summed E-state index contributed by atoms with van der Waals surface area (Å²) in [5, 5.41) is 2.97. The Labute approximate surface area is 185 Å². The smallest absolute Gasteiger partial charge is 0.252 e. The summed E-state index contributed by atoms with van der Waals surface area (Å²) in [6, 6.07) is 12.1. The molecule has 0 bridgehead atoms. The summed E-state index contributed by atoms with van der Waals surface area (Å²) in [4.78, 5) is 15.2. The van der Waals surface area contributed by atoms with Crippen molar-refractivity contribution in [3.63, 3.8) is 0 Å². The Bertz CT molecular complexity index is 1010. The Morgan fingerprint density at radius 3 is 2.35 bits per heavy atom. The van der Waals surface area contributed by atoms with Crippen LogP contribution in [-0.2, 0) is 10.0 Å². The van der Waals surface area contributed by atoms with Crippen LogP contribution in [0.15, 0.2) is 47.4 Å². The number of rotatable bonds is 7. The van der Waals surface area contributed by atoms with Gasteiger partial charge in [-0.3, -0.25) is 4.79 Å². The summed E-state index contributed by atoms with van der Waals surface area (Å²) in [5.74, 6) is 0.483. The van der Waals surface area contributed by atoms with Gasteiger partial charge in [0.05, 0.1) is 17.5 Å². The molecule has 0 spiro atoms. The fourth-order valence-corrected chi connectivity index (χ4v) is 5.01. The van der Waals surface area contributed by atoms with E-state index >= 15 is 0 Å². The molecule has 1 aliphatic heterocycles. The summed E-state index contributed by atoms with van der Waals surface area (Å²) in [5.41, 5.74) is 2.04. The van der Waals surface area contributed by atoms with Crippen molar-refractivity contribution in [1.29, 1.82) is 0 Å². The number of aryl methyl sites for hydroxylation is 1. The average Bonchev–Trinajstić information content (AvgIpc) is 2.75. The third-order valence-corrected chi connectivity index (χ3v) is 7.49. The third kappa shape index (κ3) is 5.44. The molecule has 1 atom stereocenters. The van der Waals surface area contributed by atoms with E-state index in [1.165, 1.54) is 10.4 Å². The molecule has 1 fully saturated rings. The molecule has 0 radical (unpaired) electrons. The first kappa shape index (κ1) is 23.2. The average molecular weight is 446 g/mol. The van der Waals surface area contributed by atoms with Crippen LogP contribution in [0, 0.1) is 6.92 Å². The van der Waals surface area contributed by atoms with E-state index in [-0.39, 0.29) is 16.8 Å². The van der Waals surface area contributed by atoms with Crippen molar-refractivity contribution in [3.8, 4) is 5.75 Å². The molecule has 2 aromatic rings. The van der Waals surface area contributed by atoms with Crippen molar-refractivity contribution >= 4 is 15.9 Å². The maximum atomic E-state index is 13.1. The van der Waals surface area contributed by atoms with Gasteiger partial charge in [-0.25, -0.2) is 8.42 Å². The normalized spacial score (nSPS) is 16.6. The first-order chi connectivity index (χ1) is 14.7. The Kier molecular flexibility index (Phi) is 7.35. The van der Waals surface area contributed by atoms with Crippen LogP contribution in [-0.4, -0.2) is 63.4 Å². The van der Waals surface area contributed by atoms with E-state index in [4.69, 9.17) is 4.74 Å². The van der Waals surface area contributed by atoms with E-state index in [9.17, 15) is 13.2 Å². The van der Waals surface area contributed by atoms with Crippen LogP contribution in [0.5, 0.6) is 5.75 Å². The van der Waals surface area contributed by atoms with E-state index in [2.05, 4.69) is 10.2 Å². The Balaban J connectivity index is 1.76. The number of hydrogen-bond donors (Lipinski definition) is 1. The summed E-state index contributed by atoms with van der Waals surface area (Å²) >= 11 is 0. The number of nitrogens with one attached hydrogen (secondary N) is 1. The van der Waals surface area contributed by atoms with Crippen LogP contribution in [0.3, 0.4) is 0 Å². The molecule has 1 amide bonds. The topological polar surface area (TPSA) is 78.9 Å².